The fourth-order valence-electron chi connectivity index (χ4n) is 4.77. The van der Waals surface area contributed by atoms with Gasteiger partial charge in [-0.1, -0.05) is 90.9 Å². The summed E-state index contributed by atoms with van der Waals surface area (Å²) in [5.41, 5.74) is 5.94. The lowest BCUT2D eigenvalue weighted by molar-refractivity contribution is 0.0365. The molecule has 2 aromatic rings. The number of morpholine rings is 1. The minimum absolute atomic E-state index is 0.0214. The molecule has 1 saturated heterocycles. The highest BCUT2D eigenvalue weighted by molar-refractivity contribution is 5.91. The Kier molecular flexibility index (Phi) is 9.98. The van der Waals surface area contributed by atoms with Crippen LogP contribution in [-0.2, 0) is 16.7 Å². The van der Waals surface area contributed by atoms with Gasteiger partial charge in [-0.15, -0.1) is 0 Å². The zero-order valence-electron chi connectivity index (χ0n) is 23.6. The Bertz CT molecular complexity index is 944. The van der Waals surface area contributed by atoms with E-state index in [1.165, 1.54) is 16.7 Å². The lowest BCUT2D eigenvalue weighted by Crippen LogP contribution is -2.40. The van der Waals surface area contributed by atoms with Gasteiger partial charge in [0.15, 0.2) is 0 Å². The van der Waals surface area contributed by atoms with Crippen LogP contribution in [-0.4, -0.2) is 55.2 Å². The van der Waals surface area contributed by atoms with Crippen LogP contribution in [0.2, 0.25) is 0 Å². The smallest absolute Gasteiger partial charge is 0.322 e. The molecule has 0 atom stereocenters. The van der Waals surface area contributed by atoms with Crippen LogP contribution < -0.4 is 5.32 Å². The van der Waals surface area contributed by atoms with Crippen LogP contribution in [0.4, 0.5) is 10.5 Å². The second-order valence-corrected chi connectivity index (χ2v) is 11.7. The van der Waals surface area contributed by atoms with Gasteiger partial charge in [0.2, 0.25) is 0 Å². The van der Waals surface area contributed by atoms with Crippen molar-refractivity contribution in [3.63, 3.8) is 0 Å². The van der Waals surface area contributed by atoms with E-state index in [1.54, 1.807) is 0 Å². The maximum absolute atomic E-state index is 13.8. The van der Waals surface area contributed by atoms with E-state index < -0.39 is 0 Å². The molecule has 5 heteroatoms. The third kappa shape index (κ3) is 7.81. The molecule has 0 aliphatic carbocycles. The quantitative estimate of drug-likeness (QED) is 0.409. The summed E-state index contributed by atoms with van der Waals surface area (Å²) in [5, 5.41) is 3.34. The summed E-state index contributed by atoms with van der Waals surface area (Å²) < 4.78 is 5.49. The van der Waals surface area contributed by atoms with Crippen molar-refractivity contribution in [3.8, 4) is 0 Å². The van der Waals surface area contributed by atoms with Gasteiger partial charge in [-0.2, -0.15) is 0 Å². The molecule has 1 N–H and O–H groups in total. The highest BCUT2D eigenvalue weighted by Crippen LogP contribution is 2.32. The third-order valence-corrected chi connectivity index (χ3v) is 7.09. The summed E-state index contributed by atoms with van der Waals surface area (Å²) in [6.45, 7) is 21.3. The van der Waals surface area contributed by atoms with Gasteiger partial charge in [-0.25, -0.2) is 4.79 Å². The number of rotatable bonds is 9. The van der Waals surface area contributed by atoms with Crippen LogP contribution in [0.25, 0.3) is 0 Å². The molecule has 1 fully saturated rings. The van der Waals surface area contributed by atoms with E-state index in [9.17, 15) is 4.79 Å². The number of hydrogen-bond acceptors (Lipinski definition) is 3. The molecule has 2 aromatic carbocycles. The maximum atomic E-state index is 13.8. The van der Waals surface area contributed by atoms with Crippen molar-refractivity contribution in [3.05, 3.63) is 64.7 Å². The number of carbonyl (C=O) groups excluding carboxylic acids is 1. The van der Waals surface area contributed by atoms with Gasteiger partial charge in [0.05, 0.1) is 13.2 Å². The Balaban J connectivity index is 1.80. The topological polar surface area (TPSA) is 44.8 Å². The van der Waals surface area contributed by atoms with Crippen LogP contribution in [0.5, 0.6) is 0 Å². The van der Waals surface area contributed by atoms with Crippen LogP contribution in [0.1, 0.15) is 89.0 Å². The number of anilines is 1. The predicted octanol–water partition coefficient (Wildman–Crippen LogP) is 6.99. The minimum atomic E-state index is -0.0214. The van der Waals surface area contributed by atoms with Crippen molar-refractivity contribution in [2.24, 2.45) is 0 Å². The number of carbonyl (C=O) groups is 1. The lowest BCUT2D eigenvalue weighted by atomic mass is 9.87. The van der Waals surface area contributed by atoms with Crippen molar-refractivity contribution >= 4 is 11.7 Å². The molecular weight excluding hydrogens is 446 g/mol. The molecule has 1 heterocycles. The molecule has 0 spiro atoms. The molecule has 0 radical (unpaired) electrons. The van der Waals surface area contributed by atoms with Crippen molar-refractivity contribution in [2.45, 2.75) is 78.7 Å². The van der Waals surface area contributed by atoms with E-state index in [2.05, 4.69) is 101 Å². The van der Waals surface area contributed by atoms with Gasteiger partial charge in [0.1, 0.15) is 0 Å². The highest BCUT2D eigenvalue weighted by Gasteiger charge is 2.21. The first-order valence-corrected chi connectivity index (χ1v) is 13.6. The number of amides is 2. The first-order chi connectivity index (χ1) is 17.1. The maximum Gasteiger partial charge on any atom is 0.322 e. The van der Waals surface area contributed by atoms with Gasteiger partial charge in [-0.3, -0.25) is 4.90 Å². The number of ether oxygens (including phenoxy) is 1. The van der Waals surface area contributed by atoms with E-state index in [0.717, 1.165) is 50.5 Å². The Morgan fingerprint density at radius 2 is 1.56 bits per heavy atom. The van der Waals surface area contributed by atoms with Crippen molar-refractivity contribution < 1.29 is 9.53 Å². The summed E-state index contributed by atoms with van der Waals surface area (Å²) >= 11 is 0. The molecule has 5 nitrogen and oxygen atoms in total. The van der Waals surface area contributed by atoms with E-state index in [4.69, 9.17) is 4.74 Å². The number of urea groups is 1. The van der Waals surface area contributed by atoms with Gasteiger partial charge in [0, 0.05) is 38.4 Å². The number of nitrogens with one attached hydrogen (secondary N) is 1. The molecule has 36 heavy (non-hydrogen) atoms. The standard InChI is InChI=1S/C31H47N3O2/c1-23(2)27-10-8-11-28(24(3)4)29(27)32-30(35)34(17-9-16-33-18-20-36-21-19-33)22-25-12-14-26(15-13-25)31(5,6)7/h8,10-15,23-24H,9,16-22H2,1-7H3,(H,32,35). The van der Waals surface area contributed by atoms with E-state index in [1.807, 2.05) is 4.90 Å². The van der Waals surface area contributed by atoms with Gasteiger partial charge < -0.3 is 15.0 Å². The van der Waals surface area contributed by atoms with Crippen molar-refractivity contribution in [2.75, 3.05) is 44.7 Å². The second-order valence-electron chi connectivity index (χ2n) is 11.7. The molecule has 0 saturated carbocycles. The zero-order valence-corrected chi connectivity index (χ0v) is 23.6. The van der Waals surface area contributed by atoms with Crippen LogP contribution in [0, 0.1) is 0 Å². The normalized spacial score (nSPS) is 14.9. The summed E-state index contributed by atoms with van der Waals surface area (Å²) in [6, 6.07) is 15.1. The predicted molar refractivity (Wildman–Crippen MR) is 151 cm³/mol. The fourth-order valence-corrected chi connectivity index (χ4v) is 4.77. The van der Waals surface area contributed by atoms with E-state index in [-0.39, 0.29) is 11.4 Å². The second kappa shape index (κ2) is 12.7. The average Bonchev–Trinajstić information content (AvgIpc) is 2.83. The zero-order chi connectivity index (χ0) is 26.3. The van der Waals surface area contributed by atoms with Crippen LogP contribution in [0.3, 0.4) is 0 Å². The van der Waals surface area contributed by atoms with Gasteiger partial charge >= 0.3 is 6.03 Å². The molecule has 198 valence electrons. The van der Waals surface area contributed by atoms with Crippen LogP contribution in [0.15, 0.2) is 42.5 Å². The first kappa shape index (κ1) is 28.2. The number of hydrogen-bond donors (Lipinski definition) is 1. The number of para-hydroxylation sites is 1. The molecule has 2 amide bonds. The Morgan fingerprint density at radius 3 is 2.08 bits per heavy atom. The van der Waals surface area contributed by atoms with Gasteiger partial charge in [0.25, 0.3) is 0 Å². The molecule has 3 rings (SSSR count). The SMILES string of the molecule is CC(C)c1cccc(C(C)C)c1NC(=O)N(CCCN1CCOCC1)Cc1ccc(C(C)(C)C)cc1. The molecule has 0 unspecified atom stereocenters. The highest BCUT2D eigenvalue weighted by atomic mass is 16.5. The van der Waals surface area contributed by atoms with E-state index in [0.29, 0.717) is 24.9 Å². The largest absolute Gasteiger partial charge is 0.379 e. The third-order valence-electron chi connectivity index (χ3n) is 7.09. The molecule has 1 aliphatic heterocycles. The monoisotopic (exact) mass is 493 g/mol. The van der Waals surface area contributed by atoms with Crippen molar-refractivity contribution in [1.29, 1.82) is 0 Å². The van der Waals surface area contributed by atoms with Gasteiger partial charge in [-0.05, 0) is 45.9 Å². The summed E-state index contributed by atoms with van der Waals surface area (Å²) in [5.74, 6) is 0.664. The lowest BCUT2D eigenvalue weighted by Gasteiger charge is -2.29. The Morgan fingerprint density at radius 1 is 0.972 bits per heavy atom. The summed E-state index contributed by atoms with van der Waals surface area (Å²) in [7, 11) is 0. The first-order valence-electron chi connectivity index (χ1n) is 13.6. The Hall–Kier alpha value is -2.37. The summed E-state index contributed by atoms with van der Waals surface area (Å²) in [6.07, 6.45) is 0.941. The molecular formula is C31H47N3O2. The number of nitrogens with zero attached hydrogens (tertiary/aromatic N) is 2. The van der Waals surface area contributed by atoms with Crippen molar-refractivity contribution in [1.82, 2.24) is 9.80 Å². The number of benzene rings is 2. The fraction of sp³-hybridized carbons (Fsp3) is 0.581. The van der Waals surface area contributed by atoms with Crippen LogP contribution >= 0.6 is 0 Å². The Labute approximate surface area is 219 Å². The average molecular weight is 494 g/mol. The molecule has 0 aromatic heterocycles. The molecule has 0 bridgehead atoms. The molecule has 1 aliphatic rings. The minimum Gasteiger partial charge on any atom is -0.379 e. The van der Waals surface area contributed by atoms with E-state index >= 15 is 0 Å². The summed E-state index contributed by atoms with van der Waals surface area (Å²) in [4.78, 5) is 18.2.